The molecule has 1 N–H and O–H groups in total. The molecule has 0 aromatic rings. The summed E-state index contributed by atoms with van der Waals surface area (Å²) in [6, 6.07) is 0. The molecule has 0 bridgehead atoms. The van der Waals surface area contributed by atoms with Crippen molar-refractivity contribution in [3.8, 4) is 0 Å². The normalized spacial score (nSPS) is 22.7. The van der Waals surface area contributed by atoms with E-state index in [2.05, 4.69) is 13.0 Å². The van der Waals surface area contributed by atoms with Crippen molar-refractivity contribution in [2.75, 3.05) is 0 Å². The Labute approximate surface area is 104 Å². The number of rotatable bonds is 7. The van der Waals surface area contributed by atoms with Gasteiger partial charge in [0.05, 0.1) is 6.10 Å². The lowest BCUT2D eigenvalue weighted by molar-refractivity contribution is -0.160. The van der Waals surface area contributed by atoms with Gasteiger partial charge in [0.25, 0.3) is 0 Å². The fourth-order valence-corrected chi connectivity index (χ4v) is 2.02. The summed E-state index contributed by atoms with van der Waals surface area (Å²) < 4.78 is 5.12. The van der Waals surface area contributed by atoms with Gasteiger partial charge in [-0.05, 0) is 32.1 Å². The van der Waals surface area contributed by atoms with Gasteiger partial charge in [0.1, 0.15) is 6.10 Å². The van der Waals surface area contributed by atoms with Crippen LogP contribution in [0.2, 0.25) is 0 Å². The van der Waals surface area contributed by atoms with E-state index in [0.717, 1.165) is 19.3 Å². The van der Waals surface area contributed by atoms with Crippen molar-refractivity contribution in [3.05, 3.63) is 12.2 Å². The summed E-state index contributed by atoms with van der Waals surface area (Å²) in [7, 11) is 0. The van der Waals surface area contributed by atoms with Crippen LogP contribution in [0.1, 0.15) is 58.3 Å². The zero-order valence-corrected chi connectivity index (χ0v) is 10.7. The van der Waals surface area contributed by atoms with Gasteiger partial charge in [0.15, 0.2) is 0 Å². The van der Waals surface area contributed by atoms with Crippen LogP contribution in [0.15, 0.2) is 12.2 Å². The number of hydrogen-bond donors (Lipinski definition) is 1. The summed E-state index contributed by atoms with van der Waals surface area (Å²) in [6.45, 7) is 2.19. The van der Waals surface area contributed by atoms with Crippen LogP contribution in [0.3, 0.4) is 0 Å². The first kappa shape index (κ1) is 14.2. The van der Waals surface area contributed by atoms with Crippen molar-refractivity contribution in [2.24, 2.45) is 0 Å². The van der Waals surface area contributed by atoms with E-state index in [1.54, 1.807) is 0 Å². The van der Waals surface area contributed by atoms with Gasteiger partial charge >= 0.3 is 5.97 Å². The van der Waals surface area contributed by atoms with Crippen molar-refractivity contribution in [3.63, 3.8) is 0 Å². The second kappa shape index (κ2) is 8.29. The van der Waals surface area contributed by atoms with Gasteiger partial charge in [-0.2, -0.15) is 0 Å². The van der Waals surface area contributed by atoms with Crippen molar-refractivity contribution >= 4 is 5.97 Å². The lowest BCUT2D eigenvalue weighted by Crippen LogP contribution is -2.34. The minimum absolute atomic E-state index is 0.174. The molecule has 1 fully saturated rings. The zero-order valence-electron chi connectivity index (χ0n) is 10.7. The number of carbonyl (C=O) groups excluding carboxylic acids is 1. The molecule has 0 spiro atoms. The number of ether oxygens (including phenoxy) is 1. The first-order valence-electron chi connectivity index (χ1n) is 6.76. The molecule has 1 rings (SSSR count). The molecule has 0 radical (unpaired) electrons. The Hall–Kier alpha value is -0.830. The molecule has 0 amide bonds. The smallest absolute Gasteiger partial charge is 0.306 e. The third-order valence-corrected chi connectivity index (χ3v) is 3.10. The summed E-state index contributed by atoms with van der Waals surface area (Å²) in [4.78, 5) is 11.1. The van der Waals surface area contributed by atoms with Crippen LogP contribution in [0, 0.1) is 0 Å². The highest BCUT2D eigenvalue weighted by atomic mass is 16.6. The average Bonchev–Trinajstić information content (AvgIpc) is 2.33. The topological polar surface area (TPSA) is 46.5 Å². The van der Waals surface area contributed by atoms with Gasteiger partial charge in [-0.3, -0.25) is 4.79 Å². The average molecular weight is 240 g/mol. The van der Waals surface area contributed by atoms with E-state index >= 15 is 0 Å². The van der Waals surface area contributed by atoms with Crippen molar-refractivity contribution < 1.29 is 14.6 Å². The van der Waals surface area contributed by atoms with E-state index < -0.39 is 6.10 Å². The molecule has 17 heavy (non-hydrogen) atoms. The second-order valence-electron chi connectivity index (χ2n) is 4.69. The first-order chi connectivity index (χ1) is 8.24. The molecule has 0 saturated carbocycles. The third kappa shape index (κ3) is 5.87. The fraction of sp³-hybridized carbons (Fsp3) is 0.786. The van der Waals surface area contributed by atoms with E-state index in [1.807, 2.05) is 6.08 Å². The Bertz CT molecular complexity index is 248. The summed E-state index contributed by atoms with van der Waals surface area (Å²) >= 11 is 0. The quantitative estimate of drug-likeness (QED) is 0.423. The molecule has 2 atom stereocenters. The first-order valence-corrected chi connectivity index (χ1v) is 6.76. The number of cyclic esters (lactones) is 1. The molecule has 3 nitrogen and oxygen atoms in total. The summed E-state index contributed by atoms with van der Waals surface area (Å²) in [5, 5.41) is 9.87. The molecular weight excluding hydrogens is 216 g/mol. The fourth-order valence-electron chi connectivity index (χ4n) is 2.02. The Morgan fingerprint density at radius 3 is 3.00 bits per heavy atom. The van der Waals surface area contributed by atoms with E-state index in [4.69, 9.17) is 4.74 Å². The Kier molecular flexibility index (Phi) is 6.94. The van der Waals surface area contributed by atoms with Gasteiger partial charge in [0, 0.05) is 6.42 Å². The van der Waals surface area contributed by atoms with E-state index in [0.29, 0.717) is 12.8 Å². The lowest BCUT2D eigenvalue weighted by atomic mass is 10.0. The highest BCUT2D eigenvalue weighted by Gasteiger charge is 2.26. The van der Waals surface area contributed by atoms with Gasteiger partial charge < -0.3 is 9.84 Å². The monoisotopic (exact) mass is 240 g/mol. The maximum Gasteiger partial charge on any atom is 0.306 e. The van der Waals surface area contributed by atoms with Gasteiger partial charge in [-0.1, -0.05) is 31.9 Å². The van der Waals surface area contributed by atoms with E-state index in [1.165, 1.54) is 19.3 Å². The van der Waals surface area contributed by atoms with Crippen molar-refractivity contribution in [1.29, 1.82) is 0 Å². The molecule has 2 unspecified atom stereocenters. The molecule has 1 aliphatic heterocycles. The standard InChI is InChI=1S/C14H24O3/c1-2-3-4-5-6-7-9-12(15)13-10-8-11-14(16)17-13/h6-7,12-13,15H,2-5,8-11H2,1H3. The van der Waals surface area contributed by atoms with Gasteiger partial charge in [-0.25, -0.2) is 0 Å². The molecule has 1 heterocycles. The molecule has 0 aromatic carbocycles. The Morgan fingerprint density at radius 2 is 2.29 bits per heavy atom. The summed E-state index contributed by atoms with van der Waals surface area (Å²) in [5.74, 6) is -0.174. The van der Waals surface area contributed by atoms with E-state index in [-0.39, 0.29) is 12.1 Å². The lowest BCUT2D eigenvalue weighted by Gasteiger charge is -2.25. The Balaban J connectivity index is 2.15. The minimum Gasteiger partial charge on any atom is -0.460 e. The maximum absolute atomic E-state index is 11.1. The minimum atomic E-state index is -0.540. The number of hydrogen-bond acceptors (Lipinski definition) is 3. The highest BCUT2D eigenvalue weighted by molar-refractivity contribution is 5.70. The van der Waals surface area contributed by atoms with Crippen LogP contribution < -0.4 is 0 Å². The molecule has 1 aliphatic rings. The largest absolute Gasteiger partial charge is 0.460 e. The number of unbranched alkanes of at least 4 members (excludes halogenated alkanes) is 3. The van der Waals surface area contributed by atoms with Crippen molar-refractivity contribution in [2.45, 2.75) is 70.5 Å². The SMILES string of the molecule is CCCCCC=CCC(O)C1CCCC(=O)O1. The van der Waals surface area contributed by atoms with Crippen molar-refractivity contribution in [1.82, 2.24) is 0 Å². The second-order valence-corrected chi connectivity index (χ2v) is 4.69. The molecular formula is C14H24O3. The third-order valence-electron chi connectivity index (χ3n) is 3.10. The number of allylic oxidation sites excluding steroid dienone is 1. The number of aliphatic hydroxyl groups is 1. The number of carbonyl (C=O) groups is 1. The van der Waals surface area contributed by atoms with Gasteiger partial charge in [0.2, 0.25) is 0 Å². The molecule has 0 aromatic heterocycles. The van der Waals surface area contributed by atoms with Crippen LogP contribution >= 0.6 is 0 Å². The van der Waals surface area contributed by atoms with Crippen LogP contribution in [-0.2, 0) is 9.53 Å². The zero-order chi connectivity index (χ0) is 12.5. The molecule has 1 saturated heterocycles. The molecule has 3 heteroatoms. The Morgan fingerprint density at radius 1 is 1.47 bits per heavy atom. The number of esters is 1. The van der Waals surface area contributed by atoms with Gasteiger partial charge in [-0.15, -0.1) is 0 Å². The van der Waals surface area contributed by atoms with E-state index in [9.17, 15) is 9.90 Å². The molecule has 98 valence electrons. The van der Waals surface area contributed by atoms with Crippen LogP contribution in [0.25, 0.3) is 0 Å². The highest BCUT2D eigenvalue weighted by Crippen LogP contribution is 2.19. The van der Waals surface area contributed by atoms with Crippen LogP contribution in [-0.4, -0.2) is 23.3 Å². The van der Waals surface area contributed by atoms with Crippen LogP contribution in [0.5, 0.6) is 0 Å². The predicted octanol–water partition coefficient (Wildman–Crippen LogP) is 2.97. The maximum atomic E-state index is 11.1. The predicted molar refractivity (Wildman–Crippen MR) is 67.6 cm³/mol. The molecule has 0 aliphatic carbocycles. The summed E-state index contributed by atoms with van der Waals surface area (Å²) in [5.41, 5.74) is 0. The summed E-state index contributed by atoms with van der Waals surface area (Å²) in [6.07, 6.45) is 10.8. The van der Waals surface area contributed by atoms with Crippen LogP contribution in [0.4, 0.5) is 0 Å². The number of aliphatic hydroxyl groups excluding tert-OH is 1.